The first-order valence-corrected chi connectivity index (χ1v) is 8.53. The molecule has 0 fully saturated rings. The molecule has 2 amide bonds. The van der Waals surface area contributed by atoms with Crippen molar-refractivity contribution in [3.8, 4) is 6.07 Å². The Kier molecular flexibility index (Phi) is 5.17. The number of hydrogen-bond acceptors (Lipinski definition) is 7. The molecule has 0 spiro atoms. The number of hydrogen-bond donors (Lipinski definition) is 4. The van der Waals surface area contributed by atoms with Crippen LogP contribution in [0.2, 0.25) is 0 Å². The Morgan fingerprint density at radius 3 is 2.96 bits per heavy atom. The second-order valence-corrected chi connectivity index (χ2v) is 6.12. The summed E-state index contributed by atoms with van der Waals surface area (Å²) in [6.07, 6.45) is 2.96. The largest absolute Gasteiger partial charge is 0.368 e. The molecule has 0 aliphatic carbocycles. The summed E-state index contributed by atoms with van der Waals surface area (Å²) in [4.78, 5) is 31.3. The van der Waals surface area contributed by atoms with Crippen LogP contribution in [0.25, 0.3) is 0 Å². The lowest BCUT2D eigenvalue weighted by Gasteiger charge is -2.18. The van der Waals surface area contributed by atoms with Gasteiger partial charge in [0.05, 0.1) is 6.20 Å². The molecule has 2 aromatic rings. The molecular weight excluding hydrogens is 346 g/mol. The minimum absolute atomic E-state index is 0.000419. The van der Waals surface area contributed by atoms with Crippen molar-refractivity contribution in [2.75, 3.05) is 16.0 Å². The standard InChI is InChI=1S/C18H19N7O2/c1-2-12(17(20)27)23-15-9-21-14(8-19)18(25-15)22-11-4-5-13-10(7-11)3-6-16(26)24-13/h4-5,7,9,12H,2-3,6H2,1H3,(H2,20,27)(H,24,26)(H2,22,23,25). The second kappa shape index (κ2) is 7.70. The number of anilines is 4. The van der Waals surface area contributed by atoms with Gasteiger partial charge in [-0.3, -0.25) is 9.59 Å². The van der Waals surface area contributed by atoms with Crippen LogP contribution < -0.4 is 21.7 Å². The average Bonchev–Trinajstić information content (AvgIpc) is 2.66. The second-order valence-electron chi connectivity index (χ2n) is 6.12. The Hall–Kier alpha value is -3.67. The van der Waals surface area contributed by atoms with Gasteiger partial charge in [-0.1, -0.05) is 6.92 Å². The van der Waals surface area contributed by atoms with E-state index >= 15 is 0 Å². The number of amides is 2. The van der Waals surface area contributed by atoms with E-state index in [9.17, 15) is 14.9 Å². The number of nitrogens with one attached hydrogen (secondary N) is 3. The number of carbonyl (C=O) groups is 2. The molecule has 9 nitrogen and oxygen atoms in total. The maximum absolute atomic E-state index is 11.5. The first-order chi connectivity index (χ1) is 13.0. The molecule has 3 rings (SSSR count). The maximum Gasteiger partial charge on any atom is 0.239 e. The number of carbonyl (C=O) groups excluding carboxylic acids is 2. The highest BCUT2D eigenvalue weighted by molar-refractivity contribution is 5.94. The number of nitrogens with zero attached hydrogens (tertiary/aromatic N) is 3. The zero-order valence-corrected chi connectivity index (χ0v) is 14.7. The molecule has 1 aliphatic heterocycles. The number of rotatable bonds is 6. The smallest absolute Gasteiger partial charge is 0.239 e. The summed E-state index contributed by atoms with van der Waals surface area (Å²) in [5.41, 5.74) is 7.96. The fourth-order valence-corrected chi connectivity index (χ4v) is 2.78. The van der Waals surface area contributed by atoms with Crippen molar-refractivity contribution in [2.24, 2.45) is 5.73 Å². The monoisotopic (exact) mass is 365 g/mol. The van der Waals surface area contributed by atoms with Gasteiger partial charge in [-0.2, -0.15) is 5.26 Å². The van der Waals surface area contributed by atoms with Gasteiger partial charge < -0.3 is 21.7 Å². The lowest BCUT2D eigenvalue weighted by molar-refractivity contribution is -0.119. The van der Waals surface area contributed by atoms with Crippen molar-refractivity contribution in [2.45, 2.75) is 32.2 Å². The molecule has 0 saturated heterocycles. The van der Waals surface area contributed by atoms with Crippen LogP contribution in [0, 0.1) is 11.3 Å². The molecule has 9 heteroatoms. The van der Waals surface area contributed by atoms with Crippen LogP contribution in [-0.2, 0) is 16.0 Å². The lowest BCUT2D eigenvalue weighted by atomic mass is 10.0. The molecule has 5 N–H and O–H groups in total. The highest BCUT2D eigenvalue weighted by Gasteiger charge is 2.17. The van der Waals surface area contributed by atoms with Crippen LogP contribution in [-0.4, -0.2) is 27.8 Å². The van der Waals surface area contributed by atoms with E-state index in [0.29, 0.717) is 25.1 Å². The normalized spacial score (nSPS) is 13.7. The summed E-state index contributed by atoms with van der Waals surface area (Å²) in [5.74, 6) is 0.114. The molecule has 0 radical (unpaired) electrons. The summed E-state index contributed by atoms with van der Waals surface area (Å²) in [6, 6.07) is 6.90. The van der Waals surface area contributed by atoms with Crippen LogP contribution in [0.3, 0.4) is 0 Å². The van der Waals surface area contributed by atoms with Crippen molar-refractivity contribution in [1.82, 2.24) is 9.97 Å². The number of aryl methyl sites for hydroxylation is 1. The number of nitrogens with two attached hydrogens (primary N) is 1. The van der Waals surface area contributed by atoms with E-state index in [1.807, 2.05) is 19.1 Å². The van der Waals surface area contributed by atoms with Crippen molar-refractivity contribution in [3.05, 3.63) is 35.7 Å². The highest BCUT2D eigenvalue weighted by Crippen LogP contribution is 2.27. The summed E-state index contributed by atoms with van der Waals surface area (Å²) >= 11 is 0. The molecule has 2 heterocycles. The van der Waals surface area contributed by atoms with E-state index in [1.165, 1.54) is 6.20 Å². The fraction of sp³-hybridized carbons (Fsp3) is 0.278. The Balaban J connectivity index is 1.85. The average molecular weight is 365 g/mol. The van der Waals surface area contributed by atoms with Gasteiger partial charge in [-0.05, 0) is 36.6 Å². The van der Waals surface area contributed by atoms with Crippen LogP contribution in [0.5, 0.6) is 0 Å². The Morgan fingerprint density at radius 2 is 2.26 bits per heavy atom. The van der Waals surface area contributed by atoms with Gasteiger partial charge in [-0.25, -0.2) is 9.97 Å². The number of benzene rings is 1. The van der Waals surface area contributed by atoms with Crippen LogP contribution >= 0.6 is 0 Å². The van der Waals surface area contributed by atoms with E-state index < -0.39 is 11.9 Å². The fourth-order valence-electron chi connectivity index (χ4n) is 2.78. The zero-order chi connectivity index (χ0) is 19.4. The van der Waals surface area contributed by atoms with Gasteiger partial charge in [-0.15, -0.1) is 0 Å². The van der Waals surface area contributed by atoms with E-state index in [-0.39, 0.29) is 17.4 Å². The Bertz CT molecular complexity index is 936. The topological polar surface area (TPSA) is 146 Å². The van der Waals surface area contributed by atoms with Crippen molar-refractivity contribution in [3.63, 3.8) is 0 Å². The predicted octanol–water partition coefficient (Wildman–Crippen LogP) is 1.65. The Morgan fingerprint density at radius 1 is 1.44 bits per heavy atom. The molecule has 27 heavy (non-hydrogen) atoms. The third-order valence-electron chi connectivity index (χ3n) is 4.22. The van der Waals surface area contributed by atoms with E-state index in [1.54, 1.807) is 12.1 Å². The van der Waals surface area contributed by atoms with Gasteiger partial charge in [0.1, 0.15) is 17.9 Å². The molecule has 1 atom stereocenters. The molecule has 138 valence electrons. The van der Waals surface area contributed by atoms with Gasteiger partial charge in [0.2, 0.25) is 11.8 Å². The zero-order valence-electron chi connectivity index (χ0n) is 14.7. The third kappa shape index (κ3) is 4.12. The van der Waals surface area contributed by atoms with Crippen LogP contribution in [0.4, 0.5) is 23.0 Å². The number of aromatic nitrogens is 2. The summed E-state index contributed by atoms with van der Waals surface area (Å²) in [6.45, 7) is 1.82. The number of primary amides is 1. The number of nitriles is 1. The van der Waals surface area contributed by atoms with E-state index in [0.717, 1.165) is 16.9 Å². The molecular formula is C18H19N7O2. The van der Waals surface area contributed by atoms with Gasteiger partial charge in [0.25, 0.3) is 0 Å². The lowest BCUT2D eigenvalue weighted by Crippen LogP contribution is -2.35. The van der Waals surface area contributed by atoms with Crippen LogP contribution in [0.1, 0.15) is 31.0 Å². The maximum atomic E-state index is 11.5. The SMILES string of the molecule is CCC(Nc1cnc(C#N)c(Nc2ccc3c(c2)CCC(=O)N3)n1)C(N)=O. The van der Waals surface area contributed by atoms with Crippen molar-refractivity contribution >= 4 is 34.8 Å². The summed E-state index contributed by atoms with van der Waals surface area (Å²) < 4.78 is 0. The molecule has 0 saturated carbocycles. The molecule has 1 unspecified atom stereocenters. The van der Waals surface area contributed by atoms with E-state index in [4.69, 9.17) is 5.73 Å². The minimum atomic E-state index is -0.576. The predicted molar refractivity (Wildman–Crippen MR) is 100 cm³/mol. The quantitative estimate of drug-likeness (QED) is 0.609. The molecule has 1 aromatic heterocycles. The molecule has 0 bridgehead atoms. The number of fused-ring (bicyclic) bond motifs is 1. The minimum Gasteiger partial charge on any atom is -0.368 e. The first-order valence-electron chi connectivity index (χ1n) is 8.53. The molecule has 1 aromatic carbocycles. The van der Waals surface area contributed by atoms with Crippen LogP contribution in [0.15, 0.2) is 24.4 Å². The first kappa shape index (κ1) is 18.1. The van der Waals surface area contributed by atoms with Crippen molar-refractivity contribution in [1.29, 1.82) is 5.26 Å². The summed E-state index contributed by atoms with van der Waals surface area (Å²) in [7, 11) is 0. The molecule has 1 aliphatic rings. The van der Waals surface area contributed by atoms with Gasteiger partial charge >= 0.3 is 0 Å². The summed E-state index contributed by atoms with van der Waals surface area (Å²) in [5, 5.41) is 18.1. The van der Waals surface area contributed by atoms with Gasteiger partial charge in [0.15, 0.2) is 11.5 Å². The van der Waals surface area contributed by atoms with E-state index in [2.05, 4.69) is 25.9 Å². The van der Waals surface area contributed by atoms with Gasteiger partial charge in [0, 0.05) is 17.8 Å². The van der Waals surface area contributed by atoms with Crippen molar-refractivity contribution < 1.29 is 9.59 Å². The highest BCUT2D eigenvalue weighted by atomic mass is 16.2. The third-order valence-corrected chi connectivity index (χ3v) is 4.22. The Labute approximate surface area is 156 Å².